The maximum Gasteiger partial charge on any atom is 0.253 e. The van der Waals surface area contributed by atoms with Gasteiger partial charge in [-0.2, -0.15) is 0 Å². The number of fused-ring (bicyclic) bond motifs is 1. The van der Waals surface area contributed by atoms with Crippen molar-refractivity contribution >= 4 is 23.4 Å². The summed E-state index contributed by atoms with van der Waals surface area (Å²) >= 11 is 0. The summed E-state index contributed by atoms with van der Waals surface area (Å²) < 4.78 is 0. The quantitative estimate of drug-likeness (QED) is 0.883. The van der Waals surface area contributed by atoms with E-state index in [1.165, 1.54) is 0 Å². The van der Waals surface area contributed by atoms with Crippen molar-refractivity contribution in [2.24, 2.45) is 0 Å². The second-order valence-electron chi connectivity index (χ2n) is 7.02. The van der Waals surface area contributed by atoms with Crippen molar-refractivity contribution in [3.05, 3.63) is 53.3 Å². The topological polar surface area (TPSA) is 76.7 Å². The van der Waals surface area contributed by atoms with Crippen LogP contribution in [-0.4, -0.2) is 65.7 Å². The van der Waals surface area contributed by atoms with Gasteiger partial charge in [-0.1, -0.05) is 0 Å². The molecule has 0 atom stereocenters. The zero-order valence-corrected chi connectivity index (χ0v) is 15.3. The first kappa shape index (κ1) is 17.3. The van der Waals surface area contributed by atoms with Crippen LogP contribution in [0.3, 0.4) is 0 Å². The molecule has 0 unspecified atom stereocenters. The van der Waals surface area contributed by atoms with Gasteiger partial charge in [0.05, 0.1) is 12.8 Å². The molecular formula is C20H22N4O3. The molecule has 2 aromatic rings. The van der Waals surface area contributed by atoms with Gasteiger partial charge >= 0.3 is 0 Å². The van der Waals surface area contributed by atoms with Gasteiger partial charge in [-0.15, -0.1) is 0 Å². The zero-order chi connectivity index (χ0) is 19.0. The van der Waals surface area contributed by atoms with Crippen molar-refractivity contribution < 1.29 is 14.4 Å². The number of anilines is 1. The van der Waals surface area contributed by atoms with E-state index in [-0.39, 0.29) is 17.7 Å². The molecule has 3 heterocycles. The normalized spacial score (nSPS) is 16.6. The van der Waals surface area contributed by atoms with Crippen LogP contribution in [-0.2, 0) is 22.4 Å². The first-order valence-corrected chi connectivity index (χ1v) is 9.12. The monoisotopic (exact) mass is 366 g/mol. The predicted molar refractivity (Wildman–Crippen MR) is 101 cm³/mol. The average Bonchev–Trinajstić information content (AvgIpc) is 3.29. The number of aromatic amines is 1. The molecule has 0 spiro atoms. The van der Waals surface area contributed by atoms with Crippen molar-refractivity contribution in [2.75, 3.05) is 38.1 Å². The van der Waals surface area contributed by atoms with E-state index in [1.807, 2.05) is 24.3 Å². The van der Waals surface area contributed by atoms with Crippen LogP contribution in [0.1, 0.15) is 21.6 Å². The molecule has 3 amide bonds. The van der Waals surface area contributed by atoms with Crippen molar-refractivity contribution in [3.8, 4) is 0 Å². The molecule has 7 heteroatoms. The van der Waals surface area contributed by atoms with E-state index in [2.05, 4.69) is 4.98 Å². The van der Waals surface area contributed by atoms with Crippen LogP contribution in [0.4, 0.5) is 5.69 Å². The largest absolute Gasteiger partial charge is 0.365 e. The molecule has 140 valence electrons. The molecule has 0 aliphatic carbocycles. The number of amides is 3. The number of piperazine rings is 1. The Hall–Kier alpha value is -3.09. The Morgan fingerprint density at radius 1 is 1.07 bits per heavy atom. The van der Waals surface area contributed by atoms with Crippen LogP contribution in [0.5, 0.6) is 0 Å². The smallest absolute Gasteiger partial charge is 0.253 e. The molecule has 0 radical (unpaired) electrons. The van der Waals surface area contributed by atoms with Crippen LogP contribution in [0.25, 0.3) is 0 Å². The average molecular weight is 366 g/mol. The number of likely N-dealkylation sites (N-methyl/N-ethyl adjacent to an activating group) is 1. The van der Waals surface area contributed by atoms with Crippen LogP contribution < -0.4 is 4.90 Å². The fraction of sp³-hybridized carbons (Fsp3) is 0.350. The molecular weight excluding hydrogens is 344 g/mol. The Morgan fingerprint density at radius 2 is 1.81 bits per heavy atom. The Morgan fingerprint density at radius 3 is 2.52 bits per heavy atom. The van der Waals surface area contributed by atoms with Crippen molar-refractivity contribution in [3.63, 3.8) is 0 Å². The molecule has 27 heavy (non-hydrogen) atoms. The Kier molecular flexibility index (Phi) is 4.43. The summed E-state index contributed by atoms with van der Waals surface area (Å²) in [6.07, 6.45) is 2.50. The van der Waals surface area contributed by atoms with E-state index in [0.29, 0.717) is 44.6 Å². The molecule has 1 N–H and O–H groups in total. The molecule has 2 aliphatic rings. The highest BCUT2D eigenvalue weighted by Crippen LogP contribution is 2.28. The summed E-state index contributed by atoms with van der Waals surface area (Å²) in [5, 5.41) is 0. The second kappa shape index (κ2) is 6.90. The third-order valence-corrected chi connectivity index (χ3v) is 5.33. The molecule has 7 nitrogen and oxygen atoms in total. The molecule has 4 rings (SSSR count). The highest BCUT2D eigenvalue weighted by Gasteiger charge is 2.28. The number of hydrogen-bond donors (Lipinski definition) is 1. The van der Waals surface area contributed by atoms with Gasteiger partial charge in [-0.25, -0.2) is 0 Å². The summed E-state index contributed by atoms with van der Waals surface area (Å²) in [5.74, 6) is 0.0729. The fourth-order valence-electron chi connectivity index (χ4n) is 3.70. The first-order chi connectivity index (χ1) is 13.0. The van der Waals surface area contributed by atoms with Gasteiger partial charge in [0.1, 0.15) is 0 Å². The molecule has 2 aliphatic heterocycles. The lowest BCUT2D eigenvalue weighted by Crippen LogP contribution is -2.51. The number of aromatic nitrogens is 1. The Balaban J connectivity index is 1.37. The standard InChI is InChI=1S/C20H22N4O3/c1-22-17-5-4-14(11-15(17)12-18(22)25)20(27)24-9-7-23(8-10-24)19(26)13-16-3-2-6-21-16/h2-6,11,21H,7-10,12-13H2,1H3. The summed E-state index contributed by atoms with van der Waals surface area (Å²) in [6.45, 7) is 2.12. The van der Waals surface area contributed by atoms with Crippen molar-refractivity contribution in [1.82, 2.24) is 14.8 Å². The van der Waals surface area contributed by atoms with E-state index in [4.69, 9.17) is 0 Å². The molecule has 0 bridgehead atoms. The number of rotatable bonds is 3. The van der Waals surface area contributed by atoms with Gasteiger partial charge in [-0.3, -0.25) is 14.4 Å². The minimum absolute atomic E-state index is 0.0451. The number of carbonyl (C=O) groups excluding carboxylic acids is 3. The maximum atomic E-state index is 12.8. The van der Waals surface area contributed by atoms with Crippen LogP contribution in [0.2, 0.25) is 0 Å². The predicted octanol–water partition coefficient (Wildman–Crippen LogP) is 1.06. The fourth-order valence-corrected chi connectivity index (χ4v) is 3.70. The second-order valence-corrected chi connectivity index (χ2v) is 7.02. The number of nitrogens with zero attached hydrogens (tertiary/aromatic N) is 3. The molecule has 1 saturated heterocycles. The molecule has 0 saturated carbocycles. The van der Waals surface area contributed by atoms with Gasteiger partial charge in [0.15, 0.2) is 0 Å². The highest BCUT2D eigenvalue weighted by molar-refractivity contribution is 6.03. The van der Waals surface area contributed by atoms with Gasteiger partial charge in [0.2, 0.25) is 11.8 Å². The minimum atomic E-state index is -0.0451. The first-order valence-electron chi connectivity index (χ1n) is 9.12. The van der Waals surface area contributed by atoms with Crippen LogP contribution >= 0.6 is 0 Å². The molecule has 1 aromatic heterocycles. The van der Waals surface area contributed by atoms with Gasteiger partial charge in [0.25, 0.3) is 5.91 Å². The third kappa shape index (κ3) is 3.32. The minimum Gasteiger partial charge on any atom is -0.365 e. The maximum absolute atomic E-state index is 12.8. The number of benzene rings is 1. The third-order valence-electron chi connectivity index (χ3n) is 5.33. The Bertz CT molecular complexity index is 883. The van der Waals surface area contributed by atoms with E-state index in [9.17, 15) is 14.4 Å². The molecule has 1 aromatic carbocycles. The number of hydrogen-bond acceptors (Lipinski definition) is 3. The van der Waals surface area contributed by atoms with Crippen molar-refractivity contribution in [1.29, 1.82) is 0 Å². The Labute approximate surface area is 157 Å². The van der Waals surface area contributed by atoms with E-state index < -0.39 is 0 Å². The highest BCUT2D eigenvalue weighted by atomic mass is 16.2. The lowest BCUT2D eigenvalue weighted by molar-refractivity contribution is -0.132. The SMILES string of the molecule is CN1C(=O)Cc2cc(C(=O)N3CCN(C(=O)Cc4ccc[nH]4)CC3)ccc21. The van der Waals surface area contributed by atoms with Gasteiger partial charge < -0.3 is 19.7 Å². The number of carbonyl (C=O) groups is 3. The van der Waals surface area contributed by atoms with Crippen LogP contribution in [0.15, 0.2) is 36.5 Å². The summed E-state index contributed by atoms with van der Waals surface area (Å²) in [7, 11) is 1.75. The van der Waals surface area contributed by atoms with Gasteiger partial charge in [-0.05, 0) is 35.9 Å². The van der Waals surface area contributed by atoms with E-state index >= 15 is 0 Å². The van der Waals surface area contributed by atoms with E-state index in [0.717, 1.165) is 16.9 Å². The lowest BCUT2D eigenvalue weighted by atomic mass is 10.1. The lowest BCUT2D eigenvalue weighted by Gasteiger charge is -2.35. The molecule has 1 fully saturated rings. The van der Waals surface area contributed by atoms with Crippen molar-refractivity contribution in [2.45, 2.75) is 12.8 Å². The number of H-pyrrole nitrogens is 1. The summed E-state index contributed by atoms with van der Waals surface area (Å²) in [4.78, 5) is 45.3. The van der Waals surface area contributed by atoms with Crippen LogP contribution in [0, 0.1) is 0 Å². The summed E-state index contributed by atoms with van der Waals surface area (Å²) in [5.41, 5.74) is 3.27. The van der Waals surface area contributed by atoms with Gasteiger partial charge in [0, 0.05) is 56.4 Å². The summed E-state index contributed by atoms with van der Waals surface area (Å²) in [6, 6.07) is 9.21. The number of nitrogens with one attached hydrogen (secondary N) is 1. The zero-order valence-electron chi connectivity index (χ0n) is 15.3. The van der Waals surface area contributed by atoms with E-state index in [1.54, 1.807) is 34.0 Å².